The molecule has 1 aliphatic carbocycles. The summed E-state index contributed by atoms with van der Waals surface area (Å²) in [6.45, 7) is 1.99. The highest BCUT2D eigenvalue weighted by Crippen LogP contribution is 2.32. The van der Waals surface area contributed by atoms with Crippen molar-refractivity contribution in [3.63, 3.8) is 0 Å². The lowest BCUT2D eigenvalue weighted by molar-refractivity contribution is 0.0935. The van der Waals surface area contributed by atoms with Gasteiger partial charge in [0, 0.05) is 12.2 Å². The predicted molar refractivity (Wildman–Crippen MR) is 53.8 cm³/mol. The van der Waals surface area contributed by atoms with Crippen LogP contribution in [0.5, 0.6) is 0 Å². The molecule has 0 aliphatic heterocycles. The lowest BCUT2D eigenvalue weighted by Gasteiger charge is -2.12. The molecule has 15 heavy (non-hydrogen) atoms. The van der Waals surface area contributed by atoms with Crippen molar-refractivity contribution in [2.24, 2.45) is 5.92 Å². The Hall–Kier alpha value is -1.45. The number of hydrogen-bond acceptors (Lipinski definition) is 2. The molecule has 1 N–H and O–H groups in total. The summed E-state index contributed by atoms with van der Waals surface area (Å²) in [6, 6.07) is 2.83. The summed E-state index contributed by atoms with van der Waals surface area (Å²) < 4.78 is 12.5. The van der Waals surface area contributed by atoms with Gasteiger partial charge in [0.1, 0.15) is 0 Å². The quantitative estimate of drug-likeness (QED) is 0.769. The maximum Gasteiger partial charge on any atom is 0.253 e. The molecule has 1 heterocycles. The molecule has 0 radical (unpaired) electrons. The van der Waals surface area contributed by atoms with Crippen LogP contribution < -0.4 is 5.32 Å². The van der Waals surface area contributed by atoms with Crippen LogP contribution in [0.15, 0.2) is 18.3 Å². The molecule has 4 heteroatoms. The van der Waals surface area contributed by atoms with Gasteiger partial charge in [0.25, 0.3) is 5.91 Å². The van der Waals surface area contributed by atoms with Crippen molar-refractivity contribution in [1.82, 2.24) is 10.3 Å². The molecule has 2 rings (SSSR count). The van der Waals surface area contributed by atoms with Gasteiger partial charge in [-0.25, -0.2) is 4.98 Å². The summed E-state index contributed by atoms with van der Waals surface area (Å²) in [6.07, 6.45) is 3.62. The van der Waals surface area contributed by atoms with Crippen molar-refractivity contribution in [2.45, 2.75) is 25.8 Å². The van der Waals surface area contributed by atoms with Gasteiger partial charge < -0.3 is 5.32 Å². The van der Waals surface area contributed by atoms with Gasteiger partial charge in [-0.1, -0.05) is 0 Å². The maximum absolute atomic E-state index is 12.5. The molecular formula is C11H13FN2O. The first-order valence-corrected chi connectivity index (χ1v) is 5.09. The number of aromatic nitrogens is 1. The molecule has 1 atom stereocenters. The standard InChI is InChI=1S/C11H13FN2O/c1-7(8-2-3-8)14-11(15)9-4-5-10(12)13-6-9/h4-8H,2-3H2,1H3,(H,14,15). The average Bonchev–Trinajstić information content (AvgIpc) is 3.01. The third-order valence-electron chi connectivity index (χ3n) is 2.68. The van der Waals surface area contributed by atoms with E-state index < -0.39 is 5.95 Å². The molecule has 0 aromatic carbocycles. The van der Waals surface area contributed by atoms with E-state index in [2.05, 4.69) is 10.3 Å². The summed E-state index contributed by atoms with van der Waals surface area (Å²) >= 11 is 0. The highest BCUT2D eigenvalue weighted by molar-refractivity contribution is 5.94. The molecule has 0 saturated heterocycles. The van der Waals surface area contributed by atoms with E-state index in [1.807, 2.05) is 6.92 Å². The minimum absolute atomic E-state index is 0.179. The lowest BCUT2D eigenvalue weighted by Crippen LogP contribution is -2.34. The summed E-state index contributed by atoms with van der Waals surface area (Å²) in [4.78, 5) is 15.1. The Bertz CT molecular complexity index is 359. The predicted octanol–water partition coefficient (Wildman–Crippen LogP) is 1.75. The fraction of sp³-hybridized carbons (Fsp3) is 0.455. The Morgan fingerprint density at radius 1 is 1.60 bits per heavy atom. The zero-order valence-electron chi connectivity index (χ0n) is 8.53. The zero-order chi connectivity index (χ0) is 10.8. The smallest absolute Gasteiger partial charge is 0.253 e. The molecular weight excluding hydrogens is 195 g/mol. The molecule has 1 saturated carbocycles. The molecule has 80 valence electrons. The first-order valence-electron chi connectivity index (χ1n) is 5.09. The van der Waals surface area contributed by atoms with Crippen LogP contribution >= 0.6 is 0 Å². The summed E-state index contributed by atoms with van der Waals surface area (Å²) in [5.74, 6) is -0.133. The number of pyridine rings is 1. The number of rotatable bonds is 3. The molecule has 1 unspecified atom stereocenters. The van der Waals surface area contributed by atoms with Crippen molar-refractivity contribution in [1.29, 1.82) is 0 Å². The van der Waals surface area contributed by atoms with E-state index in [0.717, 1.165) is 0 Å². The first kappa shape index (κ1) is 10.1. The minimum atomic E-state index is -0.568. The highest BCUT2D eigenvalue weighted by atomic mass is 19.1. The van der Waals surface area contributed by atoms with Crippen LogP contribution in [0.1, 0.15) is 30.1 Å². The van der Waals surface area contributed by atoms with Gasteiger partial charge in [0.05, 0.1) is 5.56 Å². The van der Waals surface area contributed by atoms with Gasteiger partial charge in [0.15, 0.2) is 0 Å². The molecule has 1 amide bonds. The van der Waals surface area contributed by atoms with Crippen LogP contribution in [-0.2, 0) is 0 Å². The van der Waals surface area contributed by atoms with Crippen LogP contribution in [-0.4, -0.2) is 16.9 Å². The van der Waals surface area contributed by atoms with E-state index in [-0.39, 0.29) is 11.9 Å². The van der Waals surface area contributed by atoms with E-state index in [4.69, 9.17) is 0 Å². The van der Waals surface area contributed by atoms with Gasteiger partial charge in [-0.3, -0.25) is 4.79 Å². The lowest BCUT2D eigenvalue weighted by atomic mass is 10.2. The van der Waals surface area contributed by atoms with E-state index in [1.165, 1.54) is 31.2 Å². The Labute approximate surface area is 87.7 Å². The van der Waals surface area contributed by atoms with Crippen LogP contribution in [0, 0.1) is 11.9 Å². The Kier molecular flexibility index (Phi) is 2.66. The molecule has 0 spiro atoms. The van der Waals surface area contributed by atoms with E-state index in [9.17, 15) is 9.18 Å². The monoisotopic (exact) mass is 208 g/mol. The third-order valence-corrected chi connectivity index (χ3v) is 2.68. The fourth-order valence-corrected chi connectivity index (χ4v) is 1.51. The van der Waals surface area contributed by atoms with Crippen molar-refractivity contribution in [2.75, 3.05) is 0 Å². The SMILES string of the molecule is CC(NC(=O)c1ccc(F)nc1)C1CC1. The number of carbonyl (C=O) groups is 1. The van der Waals surface area contributed by atoms with Crippen molar-refractivity contribution < 1.29 is 9.18 Å². The second-order valence-electron chi connectivity index (χ2n) is 3.97. The summed E-state index contributed by atoms with van der Waals surface area (Å²) in [7, 11) is 0. The van der Waals surface area contributed by atoms with Gasteiger partial charge in [-0.05, 0) is 37.8 Å². The third kappa shape index (κ3) is 2.52. The molecule has 1 aromatic rings. The van der Waals surface area contributed by atoms with E-state index >= 15 is 0 Å². The van der Waals surface area contributed by atoms with Gasteiger partial charge in [-0.15, -0.1) is 0 Å². The fourth-order valence-electron chi connectivity index (χ4n) is 1.51. The Morgan fingerprint density at radius 2 is 2.33 bits per heavy atom. The van der Waals surface area contributed by atoms with Crippen LogP contribution in [0.25, 0.3) is 0 Å². The van der Waals surface area contributed by atoms with Crippen LogP contribution in [0.3, 0.4) is 0 Å². The molecule has 1 aliphatic rings. The number of nitrogens with one attached hydrogen (secondary N) is 1. The zero-order valence-corrected chi connectivity index (χ0v) is 8.53. The number of nitrogens with zero attached hydrogens (tertiary/aromatic N) is 1. The Morgan fingerprint density at radius 3 is 2.87 bits per heavy atom. The molecule has 0 bridgehead atoms. The number of amides is 1. The second-order valence-corrected chi connectivity index (χ2v) is 3.97. The first-order chi connectivity index (χ1) is 7.16. The number of hydrogen-bond donors (Lipinski definition) is 1. The van der Waals surface area contributed by atoms with Crippen LogP contribution in [0.4, 0.5) is 4.39 Å². The summed E-state index contributed by atoms with van der Waals surface area (Å²) in [5.41, 5.74) is 0.406. The topological polar surface area (TPSA) is 42.0 Å². The van der Waals surface area contributed by atoms with Gasteiger partial charge in [-0.2, -0.15) is 4.39 Å². The number of carbonyl (C=O) groups excluding carboxylic acids is 1. The minimum Gasteiger partial charge on any atom is -0.349 e. The second kappa shape index (κ2) is 3.96. The van der Waals surface area contributed by atoms with Gasteiger partial charge in [0.2, 0.25) is 5.95 Å². The number of halogens is 1. The van der Waals surface area contributed by atoms with E-state index in [0.29, 0.717) is 11.5 Å². The maximum atomic E-state index is 12.5. The average molecular weight is 208 g/mol. The van der Waals surface area contributed by atoms with Crippen molar-refractivity contribution >= 4 is 5.91 Å². The van der Waals surface area contributed by atoms with Crippen molar-refractivity contribution in [3.05, 3.63) is 29.8 Å². The van der Waals surface area contributed by atoms with Crippen molar-refractivity contribution in [3.8, 4) is 0 Å². The Balaban J connectivity index is 1.97. The molecule has 1 aromatic heterocycles. The van der Waals surface area contributed by atoms with E-state index in [1.54, 1.807) is 0 Å². The summed E-state index contributed by atoms with van der Waals surface area (Å²) in [5, 5.41) is 2.88. The van der Waals surface area contributed by atoms with Crippen LogP contribution in [0.2, 0.25) is 0 Å². The van der Waals surface area contributed by atoms with Gasteiger partial charge >= 0.3 is 0 Å². The highest BCUT2D eigenvalue weighted by Gasteiger charge is 2.29. The molecule has 1 fully saturated rings. The molecule has 3 nitrogen and oxygen atoms in total. The normalized spacial score (nSPS) is 17.2. The largest absolute Gasteiger partial charge is 0.349 e.